The van der Waals surface area contributed by atoms with Gasteiger partial charge in [0.25, 0.3) is 0 Å². The first kappa shape index (κ1) is 17.2. The van der Waals surface area contributed by atoms with E-state index in [0.717, 1.165) is 12.0 Å². The Morgan fingerprint density at radius 3 is 2.52 bits per heavy atom. The molecule has 1 saturated heterocycles. The summed E-state index contributed by atoms with van der Waals surface area (Å²) < 4.78 is 0. The summed E-state index contributed by atoms with van der Waals surface area (Å²) in [7, 11) is 4.39. The average molecular weight is 296 g/mol. The zero-order valence-electron chi connectivity index (χ0n) is 14.9. The summed E-state index contributed by atoms with van der Waals surface area (Å²) in [6.45, 7) is 9.69. The van der Waals surface area contributed by atoms with Crippen LogP contribution in [-0.4, -0.2) is 55.1 Å². The first-order valence-corrected chi connectivity index (χ1v) is 9.01. The van der Waals surface area contributed by atoms with Crippen molar-refractivity contribution in [3.8, 4) is 0 Å². The number of nitrogens with two attached hydrogens (primary N) is 1. The van der Waals surface area contributed by atoms with E-state index in [4.69, 9.17) is 5.73 Å². The molecule has 3 nitrogen and oxygen atoms in total. The van der Waals surface area contributed by atoms with Crippen LogP contribution in [-0.2, 0) is 0 Å². The van der Waals surface area contributed by atoms with Crippen LogP contribution in [0.15, 0.2) is 0 Å². The Bertz CT molecular complexity index is 326. The molecule has 2 N–H and O–H groups in total. The van der Waals surface area contributed by atoms with Gasteiger partial charge in [0.2, 0.25) is 0 Å². The van der Waals surface area contributed by atoms with Gasteiger partial charge >= 0.3 is 0 Å². The molecule has 0 radical (unpaired) electrons. The Balaban J connectivity index is 2.05. The molecule has 0 aromatic heterocycles. The quantitative estimate of drug-likeness (QED) is 0.846. The number of hydrogen-bond donors (Lipinski definition) is 1. The number of likely N-dealkylation sites (N-methyl/N-ethyl adjacent to an activating group) is 1. The van der Waals surface area contributed by atoms with Crippen molar-refractivity contribution in [2.45, 2.75) is 77.4 Å². The van der Waals surface area contributed by atoms with Crippen LogP contribution in [0.2, 0.25) is 0 Å². The molecule has 2 aliphatic rings. The highest BCUT2D eigenvalue weighted by molar-refractivity contribution is 4.97. The summed E-state index contributed by atoms with van der Waals surface area (Å²) in [4.78, 5) is 5.10. The maximum Gasteiger partial charge on any atom is 0.0253 e. The number of nitrogens with zero attached hydrogens (tertiary/aromatic N) is 2. The smallest absolute Gasteiger partial charge is 0.0253 e. The molecule has 21 heavy (non-hydrogen) atoms. The van der Waals surface area contributed by atoms with Crippen molar-refractivity contribution in [2.75, 3.05) is 27.2 Å². The van der Waals surface area contributed by atoms with Gasteiger partial charge in [-0.15, -0.1) is 0 Å². The van der Waals surface area contributed by atoms with Gasteiger partial charge in [-0.3, -0.25) is 4.90 Å². The lowest BCUT2D eigenvalue weighted by Crippen LogP contribution is -2.55. The van der Waals surface area contributed by atoms with Gasteiger partial charge in [-0.05, 0) is 64.1 Å². The lowest BCUT2D eigenvalue weighted by Gasteiger charge is -2.47. The van der Waals surface area contributed by atoms with Gasteiger partial charge in [0.1, 0.15) is 0 Å². The lowest BCUT2D eigenvalue weighted by molar-refractivity contribution is 0.0477. The summed E-state index contributed by atoms with van der Waals surface area (Å²) in [6.07, 6.45) is 7.83. The van der Waals surface area contributed by atoms with Crippen molar-refractivity contribution in [1.29, 1.82) is 0 Å². The maximum atomic E-state index is 6.54. The summed E-state index contributed by atoms with van der Waals surface area (Å²) >= 11 is 0. The van der Waals surface area contributed by atoms with E-state index >= 15 is 0 Å². The van der Waals surface area contributed by atoms with Crippen molar-refractivity contribution in [3.63, 3.8) is 0 Å². The third-order valence-electron chi connectivity index (χ3n) is 6.31. The first-order valence-electron chi connectivity index (χ1n) is 9.01. The van der Waals surface area contributed by atoms with Crippen LogP contribution < -0.4 is 5.73 Å². The van der Waals surface area contributed by atoms with Crippen LogP contribution in [0.4, 0.5) is 0 Å². The molecule has 124 valence electrons. The first-order chi connectivity index (χ1) is 9.85. The van der Waals surface area contributed by atoms with E-state index < -0.39 is 0 Å². The topological polar surface area (TPSA) is 32.5 Å². The van der Waals surface area contributed by atoms with Crippen LogP contribution in [0.25, 0.3) is 0 Å². The second-order valence-corrected chi connectivity index (χ2v) is 8.38. The van der Waals surface area contributed by atoms with Gasteiger partial charge in [0, 0.05) is 24.7 Å². The Labute approximate surface area is 132 Å². The average Bonchev–Trinajstić information content (AvgIpc) is 2.86. The summed E-state index contributed by atoms with van der Waals surface area (Å²) in [5.74, 6) is 0.841. The summed E-state index contributed by atoms with van der Waals surface area (Å²) in [5.41, 5.74) is 7.01. The summed E-state index contributed by atoms with van der Waals surface area (Å²) in [6, 6.07) is 1.72. The molecule has 0 aromatic rings. The van der Waals surface area contributed by atoms with Gasteiger partial charge < -0.3 is 10.6 Å². The molecule has 4 unspecified atom stereocenters. The fourth-order valence-corrected chi connectivity index (χ4v) is 4.46. The van der Waals surface area contributed by atoms with Gasteiger partial charge in [0.15, 0.2) is 0 Å². The highest BCUT2D eigenvalue weighted by atomic mass is 15.3. The molecule has 1 saturated carbocycles. The fraction of sp³-hybridized carbons (Fsp3) is 1.00. The predicted molar refractivity (Wildman–Crippen MR) is 91.5 cm³/mol. The van der Waals surface area contributed by atoms with E-state index in [9.17, 15) is 0 Å². The molecule has 0 amide bonds. The van der Waals surface area contributed by atoms with Gasteiger partial charge in [-0.1, -0.05) is 27.2 Å². The van der Waals surface area contributed by atoms with Crippen LogP contribution in [0.5, 0.6) is 0 Å². The number of hydrogen-bond acceptors (Lipinski definition) is 3. The number of likely N-dealkylation sites (tertiary alicyclic amines) is 1. The molecule has 0 aromatic carbocycles. The van der Waals surface area contributed by atoms with E-state index in [0.29, 0.717) is 17.5 Å². The fourth-order valence-electron chi connectivity index (χ4n) is 4.46. The highest BCUT2D eigenvalue weighted by Crippen LogP contribution is 2.42. The van der Waals surface area contributed by atoms with Crippen LogP contribution in [0, 0.1) is 11.3 Å². The van der Waals surface area contributed by atoms with Crippen molar-refractivity contribution in [2.24, 2.45) is 17.1 Å². The molecule has 1 aliphatic heterocycles. The van der Waals surface area contributed by atoms with E-state index in [-0.39, 0.29) is 0 Å². The third-order valence-corrected chi connectivity index (χ3v) is 6.31. The van der Waals surface area contributed by atoms with E-state index in [1.165, 1.54) is 51.6 Å². The molecule has 0 spiro atoms. The molecule has 1 heterocycles. The van der Waals surface area contributed by atoms with E-state index in [1.807, 2.05) is 0 Å². The SMILES string of the molecule is CCC(C)(C)C1CCC(N)C(N2CCCC2CN(C)C)C1. The zero-order chi connectivity index (χ0) is 15.6. The molecule has 3 heteroatoms. The van der Waals surface area contributed by atoms with Crippen molar-refractivity contribution in [1.82, 2.24) is 9.80 Å². The molecular weight excluding hydrogens is 258 g/mol. The van der Waals surface area contributed by atoms with Crippen molar-refractivity contribution < 1.29 is 0 Å². The zero-order valence-corrected chi connectivity index (χ0v) is 14.9. The van der Waals surface area contributed by atoms with Gasteiger partial charge in [-0.2, -0.15) is 0 Å². The number of rotatable bonds is 5. The Kier molecular flexibility index (Phi) is 5.72. The largest absolute Gasteiger partial charge is 0.326 e. The molecule has 1 aliphatic carbocycles. The molecule has 2 fully saturated rings. The second kappa shape index (κ2) is 6.97. The standard InChI is InChI=1S/C18H37N3/c1-6-18(2,3)14-9-10-16(19)17(12-14)21-11-7-8-15(21)13-20(4)5/h14-17H,6-13,19H2,1-5H3. The normalized spacial score (nSPS) is 35.6. The minimum Gasteiger partial charge on any atom is -0.326 e. The summed E-state index contributed by atoms with van der Waals surface area (Å²) in [5, 5.41) is 0. The third kappa shape index (κ3) is 4.00. The molecular formula is C18H37N3. The van der Waals surface area contributed by atoms with Gasteiger partial charge in [0.05, 0.1) is 0 Å². The molecule has 0 bridgehead atoms. The maximum absolute atomic E-state index is 6.54. The van der Waals surface area contributed by atoms with E-state index in [2.05, 4.69) is 44.7 Å². The van der Waals surface area contributed by atoms with Crippen molar-refractivity contribution in [3.05, 3.63) is 0 Å². The van der Waals surface area contributed by atoms with Crippen molar-refractivity contribution >= 4 is 0 Å². The lowest BCUT2D eigenvalue weighted by atomic mass is 9.67. The van der Waals surface area contributed by atoms with Crippen LogP contribution in [0.1, 0.15) is 59.3 Å². The molecule has 4 atom stereocenters. The van der Waals surface area contributed by atoms with Gasteiger partial charge in [-0.25, -0.2) is 0 Å². The van der Waals surface area contributed by atoms with Crippen LogP contribution in [0.3, 0.4) is 0 Å². The van der Waals surface area contributed by atoms with E-state index in [1.54, 1.807) is 0 Å². The molecule has 2 rings (SSSR count). The Morgan fingerprint density at radius 1 is 1.19 bits per heavy atom. The predicted octanol–water partition coefficient (Wildman–Crippen LogP) is 2.94. The minimum absolute atomic E-state index is 0.386. The second-order valence-electron chi connectivity index (χ2n) is 8.38. The van der Waals surface area contributed by atoms with Crippen LogP contribution >= 0.6 is 0 Å². The Hall–Kier alpha value is -0.120. The Morgan fingerprint density at radius 2 is 1.90 bits per heavy atom. The minimum atomic E-state index is 0.386. The monoisotopic (exact) mass is 295 g/mol. The highest BCUT2D eigenvalue weighted by Gasteiger charge is 2.41.